The Kier molecular flexibility index (Phi) is 3.98. The molecule has 0 aliphatic carbocycles. The number of aromatic nitrogens is 4. The summed E-state index contributed by atoms with van der Waals surface area (Å²) < 4.78 is 6.04. The van der Waals surface area contributed by atoms with Gasteiger partial charge in [-0.2, -0.15) is 5.10 Å². The fraction of sp³-hybridized carbons (Fsp3) is 0.267. The van der Waals surface area contributed by atoms with Crippen molar-refractivity contribution in [1.29, 1.82) is 0 Å². The average Bonchev–Trinajstić information content (AvgIpc) is 2.95. The van der Waals surface area contributed by atoms with Crippen LogP contribution in [0, 0.1) is 0 Å². The Labute approximate surface area is 135 Å². The summed E-state index contributed by atoms with van der Waals surface area (Å²) in [6, 6.07) is 3.35. The van der Waals surface area contributed by atoms with Gasteiger partial charge in [-0.25, -0.2) is 9.67 Å². The van der Waals surface area contributed by atoms with Crippen LogP contribution >= 0.6 is 0 Å². The minimum Gasteiger partial charge on any atom is -0.464 e. The summed E-state index contributed by atoms with van der Waals surface area (Å²) in [5.41, 5.74) is 0.686. The molecule has 2 N–H and O–H groups in total. The zero-order valence-electron chi connectivity index (χ0n) is 13.1. The second-order valence-electron chi connectivity index (χ2n) is 5.15. The predicted octanol–water partition coefficient (Wildman–Crippen LogP) is 0.908. The molecule has 2 aromatic heterocycles. The van der Waals surface area contributed by atoms with Crippen molar-refractivity contribution >= 4 is 39.6 Å². The highest BCUT2D eigenvalue weighted by Crippen LogP contribution is 2.21. The number of aromatic amines is 1. The van der Waals surface area contributed by atoms with E-state index in [0.29, 0.717) is 28.4 Å². The minimum atomic E-state index is -0.373. The van der Waals surface area contributed by atoms with E-state index in [9.17, 15) is 14.4 Å². The first-order valence-corrected chi connectivity index (χ1v) is 7.26. The molecule has 0 amide bonds. The van der Waals surface area contributed by atoms with Crippen molar-refractivity contribution < 1.29 is 14.3 Å². The summed E-state index contributed by atoms with van der Waals surface area (Å²) in [5, 5.41) is 7.82. The maximum absolute atomic E-state index is 12.4. The lowest BCUT2D eigenvalue weighted by Crippen LogP contribution is -2.17. The van der Waals surface area contributed by atoms with Crippen LogP contribution in [0.15, 0.2) is 23.1 Å². The van der Waals surface area contributed by atoms with Gasteiger partial charge in [-0.1, -0.05) is 0 Å². The van der Waals surface area contributed by atoms with Crippen molar-refractivity contribution in [2.75, 3.05) is 18.5 Å². The standard InChI is InChI=1S/C15H15N5O4/c1-8(21)20-12-4-3-11-13(10(12)7-17-20)14(23)19-15(18-11)16-5-6-24-9(2)22/h3-4,7H,5-6H2,1-2H3,(H2,16,18,19,23). The molecular weight excluding hydrogens is 314 g/mol. The molecule has 124 valence electrons. The Balaban J connectivity index is 1.98. The van der Waals surface area contributed by atoms with Crippen LogP contribution in [0.3, 0.4) is 0 Å². The average molecular weight is 329 g/mol. The molecule has 3 rings (SSSR count). The molecule has 9 nitrogen and oxygen atoms in total. The number of carbonyl (C=O) groups excluding carboxylic acids is 2. The number of nitrogens with one attached hydrogen (secondary N) is 2. The summed E-state index contributed by atoms with van der Waals surface area (Å²) in [4.78, 5) is 41.6. The smallest absolute Gasteiger partial charge is 0.302 e. The molecule has 0 aliphatic heterocycles. The number of ether oxygens (including phenoxy) is 1. The van der Waals surface area contributed by atoms with Crippen molar-refractivity contribution in [3.8, 4) is 0 Å². The highest BCUT2D eigenvalue weighted by molar-refractivity contribution is 6.06. The van der Waals surface area contributed by atoms with Crippen LogP contribution in [0.2, 0.25) is 0 Å². The van der Waals surface area contributed by atoms with E-state index in [-0.39, 0.29) is 30.0 Å². The van der Waals surface area contributed by atoms with Gasteiger partial charge >= 0.3 is 5.97 Å². The Hall–Kier alpha value is -3.23. The van der Waals surface area contributed by atoms with Crippen molar-refractivity contribution in [3.63, 3.8) is 0 Å². The molecule has 0 atom stereocenters. The quantitative estimate of drug-likeness (QED) is 0.539. The van der Waals surface area contributed by atoms with E-state index in [1.807, 2.05) is 0 Å². The normalized spacial score (nSPS) is 10.9. The number of fused-ring (bicyclic) bond motifs is 3. The third-order valence-corrected chi connectivity index (χ3v) is 3.42. The molecule has 3 aromatic rings. The van der Waals surface area contributed by atoms with Gasteiger partial charge in [0.05, 0.1) is 29.2 Å². The largest absolute Gasteiger partial charge is 0.464 e. The number of hydrogen-bond donors (Lipinski definition) is 2. The zero-order valence-corrected chi connectivity index (χ0v) is 13.1. The number of hydrogen-bond acceptors (Lipinski definition) is 7. The molecular formula is C15H15N5O4. The van der Waals surface area contributed by atoms with E-state index in [2.05, 4.69) is 20.4 Å². The van der Waals surface area contributed by atoms with Crippen LogP contribution in [0.1, 0.15) is 18.6 Å². The highest BCUT2D eigenvalue weighted by Gasteiger charge is 2.13. The third-order valence-electron chi connectivity index (χ3n) is 3.42. The Morgan fingerprint density at radius 3 is 2.83 bits per heavy atom. The Morgan fingerprint density at radius 2 is 2.12 bits per heavy atom. The van der Waals surface area contributed by atoms with Crippen LogP contribution in [-0.2, 0) is 9.53 Å². The number of nitrogens with zero attached hydrogens (tertiary/aromatic N) is 3. The molecule has 0 bridgehead atoms. The minimum absolute atomic E-state index is 0.168. The summed E-state index contributed by atoms with van der Waals surface area (Å²) in [6.07, 6.45) is 1.48. The number of esters is 1. The van der Waals surface area contributed by atoms with Gasteiger partial charge in [-0.15, -0.1) is 0 Å². The van der Waals surface area contributed by atoms with Gasteiger partial charge in [0.25, 0.3) is 5.56 Å². The van der Waals surface area contributed by atoms with Crippen LogP contribution in [0.5, 0.6) is 0 Å². The molecule has 0 radical (unpaired) electrons. The van der Waals surface area contributed by atoms with Crippen molar-refractivity contribution in [1.82, 2.24) is 19.7 Å². The monoisotopic (exact) mass is 329 g/mol. The van der Waals surface area contributed by atoms with Crippen LogP contribution < -0.4 is 10.9 Å². The first kappa shape index (κ1) is 15.7. The van der Waals surface area contributed by atoms with Gasteiger partial charge in [-0.3, -0.25) is 19.4 Å². The fourth-order valence-electron chi connectivity index (χ4n) is 2.44. The van der Waals surface area contributed by atoms with Crippen LogP contribution in [0.25, 0.3) is 21.8 Å². The Bertz CT molecular complexity index is 1000. The van der Waals surface area contributed by atoms with Crippen molar-refractivity contribution in [2.45, 2.75) is 13.8 Å². The zero-order chi connectivity index (χ0) is 17.3. The van der Waals surface area contributed by atoms with E-state index >= 15 is 0 Å². The van der Waals surface area contributed by atoms with Gasteiger partial charge in [0, 0.05) is 19.2 Å². The van der Waals surface area contributed by atoms with Crippen molar-refractivity contribution in [2.24, 2.45) is 0 Å². The van der Waals surface area contributed by atoms with Crippen molar-refractivity contribution in [3.05, 3.63) is 28.7 Å². The highest BCUT2D eigenvalue weighted by atomic mass is 16.5. The lowest BCUT2D eigenvalue weighted by atomic mass is 10.1. The third kappa shape index (κ3) is 2.83. The Morgan fingerprint density at radius 1 is 1.33 bits per heavy atom. The van der Waals surface area contributed by atoms with Crippen LogP contribution in [0.4, 0.5) is 5.95 Å². The molecule has 0 unspecified atom stereocenters. The number of H-pyrrole nitrogens is 1. The van der Waals surface area contributed by atoms with E-state index in [4.69, 9.17) is 4.74 Å². The van der Waals surface area contributed by atoms with E-state index < -0.39 is 0 Å². The van der Waals surface area contributed by atoms with Crippen LogP contribution in [-0.4, -0.2) is 44.8 Å². The van der Waals surface area contributed by atoms with Gasteiger partial charge in [-0.05, 0) is 12.1 Å². The number of benzene rings is 1. The molecule has 0 fully saturated rings. The maximum Gasteiger partial charge on any atom is 0.302 e. The lowest BCUT2D eigenvalue weighted by Gasteiger charge is -2.07. The fourth-order valence-corrected chi connectivity index (χ4v) is 2.44. The molecule has 0 saturated heterocycles. The predicted molar refractivity (Wildman–Crippen MR) is 87.1 cm³/mol. The SMILES string of the molecule is CC(=O)OCCNc1nc2ccc3c(cnn3C(C)=O)c2c(=O)[nH]1. The molecule has 2 heterocycles. The number of rotatable bonds is 4. The summed E-state index contributed by atoms with van der Waals surface area (Å²) >= 11 is 0. The summed E-state index contributed by atoms with van der Waals surface area (Å²) in [6.45, 7) is 3.21. The molecule has 1 aromatic carbocycles. The van der Waals surface area contributed by atoms with Gasteiger partial charge in [0.2, 0.25) is 11.9 Å². The first-order chi connectivity index (χ1) is 11.5. The maximum atomic E-state index is 12.4. The van der Waals surface area contributed by atoms with E-state index in [1.165, 1.54) is 24.7 Å². The number of anilines is 1. The van der Waals surface area contributed by atoms with Gasteiger partial charge in [0.15, 0.2) is 0 Å². The summed E-state index contributed by atoms with van der Waals surface area (Å²) in [7, 11) is 0. The second-order valence-corrected chi connectivity index (χ2v) is 5.15. The topological polar surface area (TPSA) is 119 Å². The molecule has 0 spiro atoms. The summed E-state index contributed by atoms with van der Waals surface area (Å²) in [5.74, 6) is -0.336. The molecule has 9 heteroatoms. The molecule has 0 aliphatic rings. The first-order valence-electron chi connectivity index (χ1n) is 7.26. The molecule has 24 heavy (non-hydrogen) atoms. The van der Waals surface area contributed by atoms with E-state index in [0.717, 1.165) is 0 Å². The number of carbonyl (C=O) groups is 2. The lowest BCUT2D eigenvalue weighted by molar-refractivity contribution is -0.140. The van der Waals surface area contributed by atoms with E-state index in [1.54, 1.807) is 12.1 Å². The molecule has 0 saturated carbocycles. The van der Waals surface area contributed by atoms with Gasteiger partial charge in [0.1, 0.15) is 6.61 Å². The second kappa shape index (κ2) is 6.11. The van der Waals surface area contributed by atoms with Gasteiger partial charge < -0.3 is 10.1 Å².